The van der Waals surface area contributed by atoms with E-state index in [4.69, 9.17) is 0 Å². The van der Waals surface area contributed by atoms with Gasteiger partial charge in [-0.25, -0.2) is 4.98 Å². The van der Waals surface area contributed by atoms with Gasteiger partial charge in [-0.2, -0.15) is 4.98 Å². The molecule has 0 unspecified atom stereocenters. The predicted octanol–water partition coefficient (Wildman–Crippen LogP) is 1.30. The second-order valence-corrected chi connectivity index (χ2v) is 6.01. The summed E-state index contributed by atoms with van der Waals surface area (Å²) in [5.74, 6) is 1.79. The summed E-state index contributed by atoms with van der Waals surface area (Å²) in [7, 11) is 4.00. The lowest BCUT2D eigenvalue weighted by Crippen LogP contribution is -2.47. The predicted molar refractivity (Wildman–Crippen MR) is 93.0 cm³/mol. The molecule has 0 spiro atoms. The van der Waals surface area contributed by atoms with Gasteiger partial charge in [-0.1, -0.05) is 6.07 Å². The molecule has 0 N–H and O–H groups in total. The Kier molecular flexibility index (Phi) is 5.02. The first kappa shape index (κ1) is 15.7. The Bertz CT molecular complexity index is 607. The van der Waals surface area contributed by atoms with Crippen molar-refractivity contribution in [2.24, 2.45) is 0 Å². The number of hydrogen-bond acceptors (Lipinski definition) is 6. The van der Waals surface area contributed by atoms with E-state index < -0.39 is 0 Å². The Hall–Kier alpha value is -2.21. The maximum atomic E-state index is 4.63. The van der Waals surface area contributed by atoms with Crippen LogP contribution in [0.3, 0.4) is 0 Å². The summed E-state index contributed by atoms with van der Waals surface area (Å²) in [5, 5.41) is 0. The minimum atomic E-state index is 0.834. The number of hydrogen-bond donors (Lipinski definition) is 0. The van der Waals surface area contributed by atoms with Crippen LogP contribution in [-0.2, 0) is 6.42 Å². The zero-order valence-corrected chi connectivity index (χ0v) is 13.9. The van der Waals surface area contributed by atoms with Crippen molar-refractivity contribution < 1.29 is 0 Å². The summed E-state index contributed by atoms with van der Waals surface area (Å²) in [6, 6.07) is 8.04. The third-order valence-electron chi connectivity index (χ3n) is 4.15. The zero-order valence-electron chi connectivity index (χ0n) is 13.9. The van der Waals surface area contributed by atoms with Gasteiger partial charge in [-0.05, 0) is 18.2 Å². The molecule has 23 heavy (non-hydrogen) atoms. The molecule has 3 heterocycles. The molecular weight excluding hydrogens is 288 g/mol. The number of aromatic nitrogens is 3. The van der Waals surface area contributed by atoms with Crippen molar-refractivity contribution in [3.8, 4) is 0 Å². The van der Waals surface area contributed by atoms with Crippen LogP contribution in [0.4, 0.5) is 11.8 Å². The van der Waals surface area contributed by atoms with Crippen molar-refractivity contribution in [1.29, 1.82) is 0 Å². The lowest BCUT2D eigenvalue weighted by Gasteiger charge is -2.34. The van der Waals surface area contributed by atoms with Gasteiger partial charge < -0.3 is 9.80 Å². The second-order valence-electron chi connectivity index (χ2n) is 6.01. The van der Waals surface area contributed by atoms with E-state index in [9.17, 15) is 0 Å². The van der Waals surface area contributed by atoms with Crippen molar-refractivity contribution >= 4 is 11.8 Å². The van der Waals surface area contributed by atoms with E-state index in [1.165, 1.54) is 0 Å². The Morgan fingerprint density at radius 2 is 1.83 bits per heavy atom. The van der Waals surface area contributed by atoms with Crippen LogP contribution in [0, 0.1) is 0 Å². The highest BCUT2D eigenvalue weighted by atomic mass is 15.3. The van der Waals surface area contributed by atoms with Gasteiger partial charge in [-0.15, -0.1) is 0 Å². The third kappa shape index (κ3) is 4.16. The minimum Gasteiger partial charge on any atom is -0.363 e. The fraction of sp³-hybridized carbons (Fsp3) is 0.471. The Morgan fingerprint density at radius 3 is 2.52 bits per heavy atom. The molecule has 6 nitrogen and oxygen atoms in total. The standard InChI is InChI=1S/C17H24N6/c1-21(2)16-6-9-19-17(20-16)23-13-11-22(12-14-23)10-7-15-5-3-4-8-18-15/h3-6,8-9H,7,10-14H2,1-2H3. The fourth-order valence-electron chi connectivity index (χ4n) is 2.73. The van der Waals surface area contributed by atoms with Gasteiger partial charge in [0.05, 0.1) is 0 Å². The first-order valence-electron chi connectivity index (χ1n) is 8.10. The summed E-state index contributed by atoms with van der Waals surface area (Å²) >= 11 is 0. The lowest BCUT2D eigenvalue weighted by molar-refractivity contribution is 0.259. The van der Waals surface area contributed by atoms with Crippen LogP contribution in [-0.4, -0.2) is 66.7 Å². The molecule has 2 aromatic heterocycles. The van der Waals surface area contributed by atoms with E-state index in [0.717, 1.165) is 56.6 Å². The smallest absolute Gasteiger partial charge is 0.227 e. The molecule has 0 aromatic carbocycles. The summed E-state index contributed by atoms with van der Waals surface area (Å²) in [6.45, 7) is 5.09. The molecule has 1 fully saturated rings. The van der Waals surface area contributed by atoms with Crippen molar-refractivity contribution in [3.63, 3.8) is 0 Å². The Labute approximate surface area is 137 Å². The van der Waals surface area contributed by atoms with Gasteiger partial charge in [0.15, 0.2) is 0 Å². The highest BCUT2D eigenvalue weighted by Gasteiger charge is 2.19. The number of pyridine rings is 1. The average molecular weight is 312 g/mol. The van der Waals surface area contributed by atoms with Crippen LogP contribution in [0.2, 0.25) is 0 Å². The molecule has 0 saturated carbocycles. The average Bonchev–Trinajstić information content (AvgIpc) is 2.61. The highest BCUT2D eigenvalue weighted by Crippen LogP contribution is 2.15. The number of rotatable bonds is 5. The second kappa shape index (κ2) is 7.37. The van der Waals surface area contributed by atoms with Crippen LogP contribution < -0.4 is 9.80 Å². The van der Waals surface area contributed by atoms with E-state index in [1.807, 2.05) is 43.5 Å². The topological polar surface area (TPSA) is 48.4 Å². The molecular formula is C17H24N6. The van der Waals surface area contributed by atoms with Gasteiger partial charge in [-0.3, -0.25) is 9.88 Å². The summed E-state index contributed by atoms with van der Waals surface area (Å²) in [5.41, 5.74) is 1.16. The molecule has 1 saturated heterocycles. The molecule has 1 aliphatic heterocycles. The largest absolute Gasteiger partial charge is 0.363 e. The summed E-state index contributed by atoms with van der Waals surface area (Å²) in [6.07, 6.45) is 4.71. The maximum Gasteiger partial charge on any atom is 0.227 e. The molecule has 0 radical (unpaired) electrons. The molecule has 122 valence electrons. The molecule has 2 aromatic rings. The fourth-order valence-corrected chi connectivity index (χ4v) is 2.73. The van der Waals surface area contributed by atoms with E-state index in [2.05, 4.69) is 36.9 Å². The summed E-state index contributed by atoms with van der Waals surface area (Å²) in [4.78, 5) is 20.2. The maximum absolute atomic E-state index is 4.63. The molecule has 6 heteroatoms. The molecule has 0 atom stereocenters. The van der Waals surface area contributed by atoms with Gasteiger partial charge in [0.25, 0.3) is 0 Å². The Morgan fingerprint density at radius 1 is 1.00 bits per heavy atom. The van der Waals surface area contributed by atoms with Gasteiger partial charge in [0.1, 0.15) is 5.82 Å². The normalized spacial score (nSPS) is 15.7. The number of anilines is 2. The molecule has 1 aliphatic rings. The van der Waals surface area contributed by atoms with E-state index >= 15 is 0 Å². The molecule has 0 amide bonds. The van der Waals surface area contributed by atoms with Crippen LogP contribution in [0.5, 0.6) is 0 Å². The first-order valence-corrected chi connectivity index (χ1v) is 8.10. The van der Waals surface area contributed by atoms with Crippen LogP contribution >= 0.6 is 0 Å². The number of nitrogens with zero attached hydrogens (tertiary/aromatic N) is 6. The van der Waals surface area contributed by atoms with Crippen molar-refractivity contribution in [1.82, 2.24) is 19.9 Å². The van der Waals surface area contributed by atoms with Gasteiger partial charge >= 0.3 is 0 Å². The van der Waals surface area contributed by atoms with Crippen LogP contribution in [0.15, 0.2) is 36.7 Å². The molecule has 0 bridgehead atoms. The third-order valence-corrected chi connectivity index (χ3v) is 4.15. The number of piperazine rings is 1. The van der Waals surface area contributed by atoms with Crippen LogP contribution in [0.25, 0.3) is 0 Å². The van der Waals surface area contributed by atoms with E-state index in [1.54, 1.807) is 0 Å². The monoisotopic (exact) mass is 312 g/mol. The van der Waals surface area contributed by atoms with E-state index in [-0.39, 0.29) is 0 Å². The zero-order chi connectivity index (χ0) is 16.1. The van der Waals surface area contributed by atoms with E-state index in [0.29, 0.717) is 0 Å². The van der Waals surface area contributed by atoms with Crippen molar-refractivity contribution in [3.05, 3.63) is 42.4 Å². The highest BCUT2D eigenvalue weighted by molar-refractivity contribution is 5.42. The lowest BCUT2D eigenvalue weighted by atomic mass is 10.2. The van der Waals surface area contributed by atoms with Crippen molar-refractivity contribution in [2.75, 3.05) is 56.6 Å². The first-order chi connectivity index (χ1) is 11.2. The van der Waals surface area contributed by atoms with Gasteiger partial charge in [0, 0.05) is 71.3 Å². The quantitative estimate of drug-likeness (QED) is 0.829. The van der Waals surface area contributed by atoms with Crippen LogP contribution in [0.1, 0.15) is 5.69 Å². The Balaban J connectivity index is 1.51. The minimum absolute atomic E-state index is 0.834. The summed E-state index contributed by atoms with van der Waals surface area (Å²) < 4.78 is 0. The SMILES string of the molecule is CN(C)c1ccnc(N2CCN(CCc3ccccn3)CC2)n1. The molecule has 0 aliphatic carbocycles. The molecule has 3 rings (SSSR count). The van der Waals surface area contributed by atoms with Gasteiger partial charge in [0.2, 0.25) is 5.95 Å². The van der Waals surface area contributed by atoms with Crippen molar-refractivity contribution in [2.45, 2.75) is 6.42 Å².